The molecule has 0 amide bonds. The van der Waals surface area contributed by atoms with Crippen molar-refractivity contribution >= 4 is 17.1 Å². The summed E-state index contributed by atoms with van der Waals surface area (Å²) in [6.07, 6.45) is 1.88. The van der Waals surface area contributed by atoms with Crippen LogP contribution in [0.3, 0.4) is 0 Å². The highest BCUT2D eigenvalue weighted by molar-refractivity contribution is 5.66. The average molecular weight is 237 g/mol. The van der Waals surface area contributed by atoms with Crippen molar-refractivity contribution in [2.75, 3.05) is 24.3 Å². The second-order valence-electron chi connectivity index (χ2n) is 4.06. The molecule has 0 aromatic heterocycles. The summed E-state index contributed by atoms with van der Waals surface area (Å²) in [7, 11) is 0. The van der Waals surface area contributed by atoms with Crippen LogP contribution in [0.2, 0.25) is 0 Å². The van der Waals surface area contributed by atoms with E-state index in [1.807, 2.05) is 0 Å². The first-order valence-electron chi connectivity index (χ1n) is 5.55. The second-order valence-corrected chi connectivity index (χ2v) is 4.06. The molecule has 1 aromatic carbocycles. The van der Waals surface area contributed by atoms with Crippen LogP contribution in [0, 0.1) is 10.1 Å². The summed E-state index contributed by atoms with van der Waals surface area (Å²) in [6, 6.07) is 5.07. The lowest BCUT2D eigenvalue weighted by Crippen LogP contribution is -2.27. The van der Waals surface area contributed by atoms with Crippen molar-refractivity contribution in [3.05, 3.63) is 28.3 Å². The Labute approximate surface area is 98.9 Å². The average Bonchev–Trinajstić information content (AvgIpc) is 2.30. The lowest BCUT2D eigenvalue weighted by Gasteiger charge is -2.24. The van der Waals surface area contributed by atoms with Crippen molar-refractivity contribution in [2.24, 2.45) is 0 Å². The summed E-state index contributed by atoms with van der Waals surface area (Å²) < 4.78 is 5.26. The number of hydrogen-bond acceptors (Lipinski definition) is 5. The minimum Gasteiger partial charge on any atom is -0.393 e. The molecular formula is C11H15N3O3. The van der Waals surface area contributed by atoms with Gasteiger partial charge < -0.3 is 15.8 Å². The quantitative estimate of drug-likeness (QED) is 0.475. The van der Waals surface area contributed by atoms with E-state index >= 15 is 0 Å². The Balaban J connectivity index is 2.06. The van der Waals surface area contributed by atoms with Gasteiger partial charge in [0, 0.05) is 31.0 Å². The first-order chi connectivity index (χ1) is 8.16. The minimum absolute atomic E-state index is 0.0532. The molecule has 92 valence electrons. The molecule has 2 rings (SSSR count). The molecule has 0 saturated carbocycles. The number of nitro benzene ring substituents is 1. The van der Waals surface area contributed by atoms with Crippen LogP contribution in [0.4, 0.5) is 17.1 Å². The van der Waals surface area contributed by atoms with Crippen LogP contribution < -0.4 is 11.1 Å². The van der Waals surface area contributed by atoms with Gasteiger partial charge in [-0.05, 0) is 25.0 Å². The summed E-state index contributed by atoms with van der Waals surface area (Å²) in [4.78, 5) is 10.1. The van der Waals surface area contributed by atoms with Crippen molar-refractivity contribution in [1.82, 2.24) is 0 Å². The molecule has 6 heteroatoms. The van der Waals surface area contributed by atoms with Crippen LogP contribution in [0.25, 0.3) is 0 Å². The number of rotatable bonds is 3. The number of nitrogen functional groups attached to an aromatic ring is 1. The van der Waals surface area contributed by atoms with Crippen LogP contribution in [-0.4, -0.2) is 24.2 Å². The molecule has 0 spiro atoms. The van der Waals surface area contributed by atoms with Gasteiger partial charge in [-0.15, -0.1) is 0 Å². The number of hydrogen-bond donors (Lipinski definition) is 2. The van der Waals surface area contributed by atoms with Crippen LogP contribution >= 0.6 is 0 Å². The van der Waals surface area contributed by atoms with E-state index in [-0.39, 0.29) is 11.4 Å². The number of benzene rings is 1. The van der Waals surface area contributed by atoms with Gasteiger partial charge in [0.1, 0.15) is 5.69 Å². The van der Waals surface area contributed by atoms with Gasteiger partial charge in [-0.2, -0.15) is 0 Å². The van der Waals surface area contributed by atoms with E-state index < -0.39 is 4.92 Å². The topological polar surface area (TPSA) is 90.4 Å². The molecule has 0 radical (unpaired) electrons. The van der Waals surface area contributed by atoms with Gasteiger partial charge >= 0.3 is 0 Å². The largest absolute Gasteiger partial charge is 0.393 e. The fraction of sp³-hybridized carbons (Fsp3) is 0.455. The number of ether oxygens (including phenoxy) is 1. The molecule has 1 saturated heterocycles. The van der Waals surface area contributed by atoms with Gasteiger partial charge in [0.2, 0.25) is 0 Å². The van der Waals surface area contributed by atoms with Crippen molar-refractivity contribution in [2.45, 2.75) is 18.9 Å². The monoisotopic (exact) mass is 237 g/mol. The number of nitrogens with two attached hydrogens (primary N) is 1. The maximum atomic E-state index is 10.6. The zero-order chi connectivity index (χ0) is 12.3. The predicted molar refractivity (Wildman–Crippen MR) is 65.0 cm³/mol. The summed E-state index contributed by atoms with van der Waals surface area (Å²) >= 11 is 0. The number of nitro groups is 1. The van der Waals surface area contributed by atoms with Crippen molar-refractivity contribution in [1.29, 1.82) is 0 Å². The van der Waals surface area contributed by atoms with Gasteiger partial charge in [0.15, 0.2) is 0 Å². The highest BCUT2D eigenvalue weighted by Crippen LogP contribution is 2.25. The van der Waals surface area contributed by atoms with Crippen molar-refractivity contribution in [3.63, 3.8) is 0 Å². The highest BCUT2D eigenvalue weighted by atomic mass is 16.6. The molecular weight excluding hydrogens is 222 g/mol. The Kier molecular flexibility index (Phi) is 3.43. The van der Waals surface area contributed by atoms with Gasteiger partial charge in [-0.1, -0.05) is 0 Å². The molecule has 1 aromatic rings. The van der Waals surface area contributed by atoms with E-state index in [1.54, 1.807) is 12.1 Å². The summed E-state index contributed by atoms with van der Waals surface area (Å²) in [5.41, 5.74) is 6.57. The minimum atomic E-state index is -0.479. The van der Waals surface area contributed by atoms with Crippen LogP contribution in [-0.2, 0) is 4.74 Å². The van der Waals surface area contributed by atoms with Crippen LogP contribution in [0.1, 0.15) is 12.8 Å². The standard InChI is InChI=1S/C11H15N3O3/c12-10-7-9(1-2-11(10)14(15)16)13-8-3-5-17-6-4-8/h1-2,7-8,13H,3-6,12H2. The summed E-state index contributed by atoms with van der Waals surface area (Å²) in [6.45, 7) is 1.50. The van der Waals surface area contributed by atoms with Crippen molar-refractivity contribution in [3.8, 4) is 0 Å². The molecule has 0 aliphatic carbocycles. The smallest absolute Gasteiger partial charge is 0.292 e. The van der Waals surface area contributed by atoms with Crippen LogP contribution in [0.5, 0.6) is 0 Å². The molecule has 17 heavy (non-hydrogen) atoms. The van der Waals surface area contributed by atoms with Crippen LogP contribution in [0.15, 0.2) is 18.2 Å². The maximum Gasteiger partial charge on any atom is 0.292 e. The zero-order valence-corrected chi connectivity index (χ0v) is 9.39. The third-order valence-electron chi connectivity index (χ3n) is 2.82. The first-order valence-corrected chi connectivity index (χ1v) is 5.55. The Morgan fingerprint density at radius 1 is 1.41 bits per heavy atom. The normalized spacial score (nSPS) is 16.7. The van der Waals surface area contributed by atoms with E-state index in [2.05, 4.69) is 5.32 Å². The first kappa shape index (κ1) is 11.7. The number of nitrogens with zero attached hydrogens (tertiary/aromatic N) is 1. The Hall–Kier alpha value is -1.82. The van der Waals surface area contributed by atoms with Gasteiger partial charge in [0.25, 0.3) is 5.69 Å². The number of anilines is 2. The predicted octanol–water partition coefficient (Wildman–Crippen LogP) is 1.77. The molecule has 0 atom stereocenters. The highest BCUT2D eigenvalue weighted by Gasteiger charge is 2.15. The molecule has 1 aliphatic rings. The molecule has 1 heterocycles. The fourth-order valence-electron chi connectivity index (χ4n) is 1.89. The van der Waals surface area contributed by atoms with E-state index in [0.717, 1.165) is 31.7 Å². The van der Waals surface area contributed by atoms with Gasteiger partial charge in [0.05, 0.1) is 4.92 Å². The SMILES string of the molecule is Nc1cc(NC2CCOCC2)ccc1[N+](=O)[O-]. The third kappa shape index (κ3) is 2.85. The third-order valence-corrected chi connectivity index (χ3v) is 2.82. The molecule has 1 aliphatic heterocycles. The molecule has 6 nitrogen and oxygen atoms in total. The second kappa shape index (κ2) is 5.01. The van der Waals surface area contributed by atoms with E-state index in [1.165, 1.54) is 6.07 Å². The lowest BCUT2D eigenvalue weighted by atomic mass is 10.1. The maximum absolute atomic E-state index is 10.6. The Bertz CT molecular complexity index is 416. The van der Waals surface area contributed by atoms with E-state index in [9.17, 15) is 10.1 Å². The molecule has 0 unspecified atom stereocenters. The molecule has 1 fully saturated rings. The summed E-state index contributed by atoms with van der Waals surface area (Å²) in [5, 5.41) is 13.9. The Morgan fingerprint density at radius 3 is 2.71 bits per heavy atom. The lowest BCUT2D eigenvalue weighted by molar-refractivity contribution is -0.383. The zero-order valence-electron chi connectivity index (χ0n) is 9.39. The molecule has 3 N–H and O–H groups in total. The van der Waals surface area contributed by atoms with Gasteiger partial charge in [-0.25, -0.2) is 0 Å². The number of nitrogens with one attached hydrogen (secondary N) is 1. The molecule has 0 bridgehead atoms. The van der Waals surface area contributed by atoms with Crippen molar-refractivity contribution < 1.29 is 9.66 Å². The fourth-order valence-corrected chi connectivity index (χ4v) is 1.89. The van der Waals surface area contributed by atoms with Gasteiger partial charge in [-0.3, -0.25) is 10.1 Å². The van der Waals surface area contributed by atoms with E-state index in [4.69, 9.17) is 10.5 Å². The summed E-state index contributed by atoms with van der Waals surface area (Å²) in [5.74, 6) is 0. The van der Waals surface area contributed by atoms with E-state index in [0.29, 0.717) is 6.04 Å². The Morgan fingerprint density at radius 2 is 2.12 bits per heavy atom.